The van der Waals surface area contributed by atoms with Crippen LogP contribution in [-0.4, -0.2) is 60.0 Å². The van der Waals surface area contributed by atoms with Gasteiger partial charge in [0.05, 0.1) is 12.2 Å². The summed E-state index contributed by atoms with van der Waals surface area (Å²) in [5, 5.41) is 8.99. The number of hydrogen-bond acceptors (Lipinski definition) is 4. The fourth-order valence-corrected chi connectivity index (χ4v) is 4.05. The minimum atomic E-state index is 0.165. The van der Waals surface area contributed by atoms with Crippen LogP contribution < -0.4 is 0 Å². The van der Waals surface area contributed by atoms with Crippen LogP contribution in [0.2, 0.25) is 0 Å². The molecule has 2 heterocycles. The van der Waals surface area contributed by atoms with E-state index in [0.29, 0.717) is 6.04 Å². The molecule has 4 heteroatoms. The van der Waals surface area contributed by atoms with Crippen LogP contribution in [-0.2, 0) is 4.74 Å². The Morgan fingerprint density at radius 1 is 1.44 bits per heavy atom. The smallest absolute Gasteiger partial charge is 0.0713 e. The third kappa shape index (κ3) is 2.92. The zero-order valence-corrected chi connectivity index (χ0v) is 11.0. The molecule has 1 atom stereocenters. The van der Waals surface area contributed by atoms with Crippen molar-refractivity contribution in [3.8, 4) is 0 Å². The van der Waals surface area contributed by atoms with Crippen LogP contribution in [0, 0.1) is 0 Å². The lowest BCUT2D eigenvalue weighted by Crippen LogP contribution is -2.49. The highest BCUT2D eigenvalue weighted by molar-refractivity contribution is 7.99. The number of thioether (sulfide) groups is 1. The summed E-state index contributed by atoms with van der Waals surface area (Å²) in [5.74, 6) is 2.49. The molecule has 1 spiro atoms. The van der Waals surface area contributed by atoms with Crippen LogP contribution in [0.5, 0.6) is 0 Å². The number of ether oxygens (including phenoxy) is 1. The lowest BCUT2D eigenvalue weighted by molar-refractivity contribution is -0.108. The molecule has 3 nitrogen and oxygen atoms in total. The Morgan fingerprint density at radius 2 is 2.19 bits per heavy atom. The highest BCUT2D eigenvalue weighted by Crippen LogP contribution is 2.38. The molecular weight excluding hydrogens is 222 g/mol. The Morgan fingerprint density at radius 3 is 2.88 bits per heavy atom. The maximum Gasteiger partial charge on any atom is 0.0713 e. The summed E-state index contributed by atoms with van der Waals surface area (Å²) in [6, 6.07) is 0.601. The van der Waals surface area contributed by atoms with Gasteiger partial charge >= 0.3 is 0 Å². The monoisotopic (exact) mass is 245 g/mol. The molecule has 0 bridgehead atoms. The molecule has 94 valence electrons. The van der Waals surface area contributed by atoms with E-state index in [1.807, 2.05) is 11.8 Å². The van der Waals surface area contributed by atoms with Crippen LogP contribution in [0.1, 0.15) is 25.7 Å². The standard InChI is InChI=1S/C12H23NO2S/c1-13(5-6-14)11-2-7-15-12(10-11)3-8-16-9-4-12/h11,14H,2-10H2,1H3. The molecule has 0 aliphatic carbocycles. The van der Waals surface area contributed by atoms with Gasteiger partial charge in [0.15, 0.2) is 0 Å². The SMILES string of the molecule is CN(CCO)C1CCOC2(CCSCC2)C1. The summed E-state index contributed by atoms with van der Waals surface area (Å²) in [4.78, 5) is 2.30. The predicted molar refractivity (Wildman–Crippen MR) is 68.0 cm³/mol. The van der Waals surface area contributed by atoms with Gasteiger partial charge in [-0.15, -0.1) is 0 Å². The fourth-order valence-electron chi connectivity index (χ4n) is 2.81. The number of aliphatic hydroxyl groups excluding tert-OH is 1. The fraction of sp³-hybridized carbons (Fsp3) is 1.00. The summed E-state index contributed by atoms with van der Waals surface area (Å²) >= 11 is 2.05. The van der Waals surface area contributed by atoms with E-state index in [2.05, 4.69) is 11.9 Å². The molecule has 0 aromatic carbocycles. The molecule has 2 aliphatic rings. The molecule has 0 aromatic rings. The maximum absolute atomic E-state index is 8.99. The topological polar surface area (TPSA) is 32.7 Å². The van der Waals surface area contributed by atoms with Crippen molar-refractivity contribution in [3.63, 3.8) is 0 Å². The lowest BCUT2D eigenvalue weighted by Gasteiger charge is -2.45. The third-order valence-corrected chi connectivity index (χ3v) is 4.93. The quantitative estimate of drug-likeness (QED) is 0.814. The Labute approximate surface area is 103 Å². The van der Waals surface area contributed by atoms with Crippen molar-refractivity contribution in [2.75, 3.05) is 38.3 Å². The maximum atomic E-state index is 8.99. The van der Waals surface area contributed by atoms with Gasteiger partial charge in [-0.2, -0.15) is 11.8 Å². The van der Waals surface area contributed by atoms with E-state index in [9.17, 15) is 0 Å². The molecule has 2 saturated heterocycles. The van der Waals surface area contributed by atoms with Crippen molar-refractivity contribution < 1.29 is 9.84 Å². The molecule has 0 saturated carbocycles. The van der Waals surface area contributed by atoms with E-state index in [-0.39, 0.29) is 12.2 Å². The normalized spacial score (nSPS) is 29.8. The first-order valence-corrected chi connectivity index (χ1v) is 7.44. The highest BCUT2D eigenvalue weighted by atomic mass is 32.2. The van der Waals surface area contributed by atoms with Crippen molar-refractivity contribution in [1.29, 1.82) is 0 Å². The Balaban J connectivity index is 1.92. The minimum Gasteiger partial charge on any atom is -0.395 e. The Bertz CT molecular complexity index is 214. The summed E-state index contributed by atoms with van der Waals surface area (Å²) in [6.45, 7) is 1.94. The van der Waals surface area contributed by atoms with E-state index in [4.69, 9.17) is 9.84 Å². The second kappa shape index (κ2) is 5.71. The average molecular weight is 245 g/mol. The van der Waals surface area contributed by atoms with Gasteiger partial charge < -0.3 is 14.7 Å². The lowest BCUT2D eigenvalue weighted by atomic mass is 9.85. The van der Waals surface area contributed by atoms with Gasteiger partial charge in [0, 0.05) is 19.2 Å². The minimum absolute atomic E-state index is 0.165. The summed E-state index contributed by atoms with van der Waals surface area (Å²) in [6.07, 6.45) is 4.69. The molecule has 0 radical (unpaired) electrons. The second-order valence-corrected chi connectivity index (χ2v) is 6.22. The van der Waals surface area contributed by atoms with E-state index >= 15 is 0 Å². The largest absolute Gasteiger partial charge is 0.395 e. The van der Waals surface area contributed by atoms with Crippen molar-refractivity contribution >= 4 is 11.8 Å². The van der Waals surface area contributed by atoms with Crippen LogP contribution in [0.4, 0.5) is 0 Å². The molecule has 2 rings (SSSR count). The van der Waals surface area contributed by atoms with Crippen LogP contribution in [0.15, 0.2) is 0 Å². The zero-order valence-electron chi connectivity index (χ0n) is 10.2. The van der Waals surface area contributed by atoms with E-state index in [0.717, 1.165) is 26.0 Å². The molecule has 0 aromatic heterocycles. The number of rotatable bonds is 3. The van der Waals surface area contributed by atoms with Crippen LogP contribution in [0.25, 0.3) is 0 Å². The van der Waals surface area contributed by atoms with Crippen molar-refractivity contribution in [3.05, 3.63) is 0 Å². The summed E-state index contributed by atoms with van der Waals surface area (Å²) < 4.78 is 6.06. The number of hydrogen-bond donors (Lipinski definition) is 1. The molecule has 2 aliphatic heterocycles. The first-order valence-electron chi connectivity index (χ1n) is 6.29. The van der Waals surface area contributed by atoms with Crippen molar-refractivity contribution in [1.82, 2.24) is 4.90 Å². The molecule has 1 unspecified atom stereocenters. The number of nitrogens with zero attached hydrogens (tertiary/aromatic N) is 1. The third-order valence-electron chi connectivity index (χ3n) is 3.95. The first-order chi connectivity index (χ1) is 7.76. The number of likely N-dealkylation sites (N-methyl/N-ethyl adjacent to an activating group) is 1. The summed E-state index contributed by atoms with van der Waals surface area (Å²) in [7, 11) is 2.12. The van der Waals surface area contributed by atoms with Crippen molar-refractivity contribution in [2.24, 2.45) is 0 Å². The molecule has 1 N–H and O–H groups in total. The molecule has 16 heavy (non-hydrogen) atoms. The summed E-state index contributed by atoms with van der Waals surface area (Å²) in [5.41, 5.74) is 0.165. The first kappa shape index (κ1) is 12.7. The highest BCUT2D eigenvalue weighted by Gasteiger charge is 2.39. The van der Waals surface area contributed by atoms with E-state index in [1.54, 1.807) is 0 Å². The second-order valence-electron chi connectivity index (χ2n) is 4.99. The van der Waals surface area contributed by atoms with Gasteiger partial charge in [-0.1, -0.05) is 0 Å². The van der Waals surface area contributed by atoms with Gasteiger partial charge in [0.1, 0.15) is 0 Å². The molecular formula is C12H23NO2S. The van der Waals surface area contributed by atoms with Gasteiger partial charge in [-0.05, 0) is 44.2 Å². The number of aliphatic hydroxyl groups is 1. The van der Waals surface area contributed by atoms with Crippen LogP contribution in [0.3, 0.4) is 0 Å². The molecule has 0 amide bonds. The van der Waals surface area contributed by atoms with Gasteiger partial charge in [-0.25, -0.2) is 0 Å². The van der Waals surface area contributed by atoms with E-state index < -0.39 is 0 Å². The average Bonchev–Trinajstić information content (AvgIpc) is 2.30. The zero-order chi connectivity index (χ0) is 11.4. The van der Waals surface area contributed by atoms with E-state index in [1.165, 1.54) is 24.3 Å². The van der Waals surface area contributed by atoms with Gasteiger partial charge in [0.2, 0.25) is 0 Å². The van der Waals surface area contributed by atoms with Gasteiger partial charge in [0.25, 0.3) is 0 Å². The van der Waals surface area contributed by atoms with Crippen LogP contribution >= 0.6 is 11.8 Å². The van der Waals surface area contributed by atoms with Crippen molar-refractivity contribution in [2.45, 2.75) is 37.3 Å². The Kier molecular flexibility index (Phi) is 4.53. The predicted octanol–water partition coefficient (Wildman–Crippen LogP) is 1.36. The van der Waals surface area contributed by atoms with Gasteiger partial charge in [-0.3, -0.25) is 0 Å². The molecule has 2 fully saturated rings. The Hall–Kier alpha value is 0.230.